The molecule has 138 valence electrons. The SMILES string of the molecule is CCOC(=O)c1ccc(S(=O)(=O)Oc2ccccc2-c2ccccc2)cc1. The summed E-state index contributed by atoms with van der Waals surface area (Å²) in [4.78, 5) is 11.7. The predicted octanol–water partition coefficient (Wildman–Crippen LogP) is 4.30. The van der Waals surface area contributed by atoms with Crippen LogP contribution in [0.15, 0.2) is 83.8 Å². The summed E-state index contributed by atoms with van der Waals surface area (Å²) < 4.78 is 35.6. The predicted molar refractivity (Wildman–Crippen MR) is 102 cm³/mol. The number of ether oxygens (including phenoxy) is 1. The number of esters is 1. The molecule has 6 heteroatoms. The van der Waals surface area contributed by atoms with E-state index < -0.39 is 16.1 Å². The minimum absolute atomic E-state index is 0.0431. The smallest absolute Gasteiger partial charge is 0.339 e. The van der Waals surface area contributed by atoms with E-state index in [1.54, 1.807) is 25.1 Å². The molecule has 0 N–H and O–H groups in total. The molecule has 3 aromatic rings. The molecule has 0 fully saturated rings. The molecule has 0 aliphatic rings. The van der Waals surface area contributed by atoms with Crippen molar-refractivity contribution in [2.75, 3.05) is 6.61 Å². The van der Waals surface area contributed by atoms with Gasteiger partial charge in [0.15, 0.2) is 5.75 Å². The molecule has 0 amide bonds. The lowest BCUT2D eigenvalue weighted by Crippen LogP contribution is -2.11. The van der Waals surface area contributed by atoms with Crippen LogP contribution in [-0.4, -0.2) is 21.0 Å². The first-order chi connectivity index (χ1) is 13.0. The zero-order chi connectivity index (χ0) is 19.3. The van der Waals surface area contributed by atoms with Gasteiger partial charge in [0, 0.05) is 5.56 Å². The second-order valence-electron chi connectivity index (χ2n) is 5.64. The topological polar surface area (TPSA) is 69.7 Å². The minimum atomic E-state index is -4.05. The Bertz CT molecular complexity index is 1030. The Labute approximate surface area is 158 Å². The molecule has 0 atom stereocenters. The zero-order valence-corrected chi connectivity index (χ0v) is 15.5. The van der Waals surface area contributed by atoms with E-state index >= 15 is 0 Å². The Hall–Kier alpha value is -3.12. The van der Waals surface area contributed by atoms with Gasteiger partial charge in [-0.1, -0.05) is 48.5 Å². The summed E-state index contributed by atoms with van der Waals surface area (Å²) in [7, 11) is -4.05. The van der Waals surface area contributed by atoms with Crippen LogP contribution >= 0.6 is 0 Å². The molecule has 0 heterocycles. The fraction of sp³-hybridized carbons (Fsp3) is 0.0952. The first-order valence-electron chi connectivity index (χ1n) is 8.37. The van der Waals surface area contributed by atoms with Crippen molar-refractivity contribution in [2.24, 2.45) is 0 Å². The highest BCUT2D eigenvalue weighted by Crippen LogP contribution is 2.31. The second kappa shape index (κ2) is 8.05. The summed E-state index contributed by atoms with van der Waals surface area (Å²) >= 11 is 0. The van der Waals surface area contributed by atoms with E-state index in [-0.39, 0.29) is 22.8 Å². The van der Waals surface area contributed by atoms with Gasteiger partial charge < -0.3 is 8.92 Å². The van der Waals surface area contributed by atoms with Crippen LogP contribution < -0.4 is 4.18 Å². The van der Waals surface area contributed by atoms with Crippen molar-refractivity contribution >= 4 is 16.1 Å². The van der Waals surface area contributed by atoms with Gasteiger partial charge >= 0.3 is 16.1 Å². The number of hydrogen-bond donors (Lipinski definition) is 0. The third kappa shape index (κ3) is 4.35. The number of benzene rings is 3. The van der Waals surface area contributed by atoms with Crippen LogP contribution in [0, 0.1) is 0 Å². The van der Waals surface area contributed by atoms with E-state index in [4.69, 9.17) is 8.92 Å². The van der Waals surface area contributed by atoms with Gasteiger partial charge in [0.1, 0.15) is 4.90 Å². The first-order valence-corrected chi connectivity index (χ1v) is 9.78. The van der Waals surface area contributed by atoms with Crippen LogP contribution in [0.25, 0.3) is 11.1 Å². The van der Waals surface area contributed by atoms with Crippen LogP contribution in [-0.2, 0) is 14.9 Å². The monoisotopic (exact) mass is 382 g/mol. The number of para-hydroxylation sites is 1. The maximum Gasteiger partial charge on any atom is 0.339 e. The van der Waals surface area contributed by atoms with Crippen LogP contribution in [0.4, 0.5) is 0 Å². The van der Waals surface area contributed by atoms with E-state index in [1.165, 1.54) is 24.3 Å². The van der Waals surface area contributed by atoms with Crippen molar-refractivity contribution in [3.8, 4) is 16.9 Å². The minimum Gasteiger partial charge on any atom is -0.462 e. The van der Waals surface area contributed by atoms with Gasteiger partial charge in [-0.15, -0.1) is 0 Å². The highest BCUT2D eigenvalue weighted by atomic mass is 32.2. The van der Waals surface area contributed by atoms with Crippen molar-refractivity contribution in [1.82, 2.24) is 0 Å². The highest BCUT2D eigenvalue weighted by Gasteiger charge is 2.19. The summed E-state index contributed by atoms with van der Waals surface area (Å²) in [6, 6.07) is 21.8. The molecule has 27 heavy (non-hydrogen) atoms. The van der Waals surface area contributed by atoms with Gasteiger partial charge in [-0.3, -0.25) is 0 Å². The van der Waals surface area contributed by atoms with Crippen LogP contribution in [0.5, 0.6) is 5.75 Å². The maximum atomic E-state index is 12.7. The standard InChI is InChI=1S/C21H18O5S/c1-2-25-21(22)17-12-14-18(15-13-17)27(23,24)26-20-11-7-6-10-19(20)16-8-4-3-5-9-16/h3-15H,2H2,1H3. The summed E-state index contributed by atoms with van der Waals surface area (Å²) in [6.45, 7) is 1.95. The molecule has 0 unspecified atom stereocenters. The third-order valence-electron chi connectivity index (χ3n) is 3.83. The molecule has 0 aliphatic heterocycles. The summed E-state index contributed by atoms with van der Waals surface area (Å²) in [5.74, 6) is -0.269. The molecule has 0 bridgehead atoms. The van der Waals surface area contributed by atoms with Gasteiger partial charge in [-0.25, -0.2) is 4.79 Å². The number of hydrogen-bond acceptors (Lipinski definition) is 5. The summed E-state index contributed by atoms with van der Waals surface area (Å²) in [5.41, 5.74) is 1.80. The van der Waals surface area contributed by atoms with Crippen molar-refractivity contribution in [3.63, 3.8) is 0 Å². The average Bonchev–Trinajstić information content (AvgIpc) is 2.69. The lowest BCUT2D eigenvalue weighted by atomic mass is 10.1. The molecular weight excluding hydrogens is 364 g/mol. The Kier molecular flexibility index (Phi) is 5.57. The molecule has 0 aromatic heterocycles. The molecule has 3 aromatic carbocycles. The third-order valence-corrected chi connectivity index (χ3v) is 5.07. The van der Waals surface area contributed by atoms with Gasteiger partial charge in [-0.05, 0) is 42.8 Å². The van der Waals surface area contributed by atoms with E-state index in [1.807, 2.05) is 36.4 Å². The zero-order valence-electron chi connectivity index (χ0n) is 14.7. The number of carbonyl (C=O) groups is 1. The number of carbonyl (C=O) groups excluding carboxylic acids is 1. The lowest BCUT2D eigenvalue weighted by molar-refractivity contribution is 0.0526. The molecule has 0 saturated heterocycles. The largest absolute Gasteiger partial charge is 0.462 e. The van der Waals surface area contributed by atoms with E-state index in [0.29, 0.717) is 5.56 Å². The lowest BCUT2D eigenvalue weighted by Gasteiger charge is -2.12. The van der Waals surface area contributed by atoms with Gasteiger partial charge in [0.25, 0.3) is 0 Å². The normalized spacial score (nSPS) is 11.0. The molecular formula is C21H18O5S. The van der Waals surface area contributed by atoms with Crippen molar-refractivity contribution in [3.05, 3.63) is 84.4 Å². The van der Waals surface area contributed by atoms with Crippen LogP contribution in [0.1, 0.15) is 17.3 Å². The molecule has 0 saturated carbocycles. The van der Waals surface area contributed by atoms with E-state index in [2.05, 4.69) is 0 Å². The van der Waals surface area contributed by atoms with Crippen molar-refractivity contribution in [2.45, 2.75) is 11.8 Å². The molecule has 0 aliphatic carbocycles. The Balaban J connectivity index is 1.89. The first kappa shape index (κ1) is 18.7. The molecule has 0 radical (unpaired) electrons. The Morgan fingerprint density at radius 3 is 2.15 bits per heavy atom. The van der Waals surface area contributed by atoms with Gasteiger partial charge in [-0.2, -0.15) is 8.42 Å². The molecule has 3 rings (SSSR count). The highest BCUT2D eigenvalue weighted by molar-refractivity contribution is 7.87. The van der Waals surface area contributed by atoms with Crippen molar-refractivity contribution < 1.29 is 22.1 Å². The van der Waals surface area contributed by atoms with E-state index in [9.17, 15) is 13.2 Å². The fourth-order valence-corrected chi connectivity index (χ4v) is 3.48. The van der Waals surface area contributed by atoms with Crippen molar-refractivity contribution in [1.29, 1.82) is 0 Å². The summed E-state index contributed by atoms with van der Waals surface area (Å²) in [6.07, 6.45) is 0. The van der Waals surface area contributed by atoms with Crippen LogP contribution in [0.3, 0.4) is 0 Å². The number of rotatable bonds is 6. The van der Waals surface area contributed by atoms with E-state index in [0.717, 1.165) is 5.56 Å². The van der Waals surface area contributed by atoms with Crippen LogP contribution in [0.2, 0.25) is 0 Å². The molecule has 5 nitrogen and oxygen atoms in total. The average molecular weight is 382 g/mol. The van der Waals surface area contributed by atoms with Gasteiger partial charge in [0.05, 0.1) is 12.2 Å². The summed E-state index contributed by atoms with van der Waals surface area (Å²) in [5, 5.41) is 0. The maximum absolute atomic E-state index is 12.7. The quantitative estimate of drug-likeness (QED) is 0.470. The molecule has 0 spiro atoms. The Morgan fingerprint density at radius 2 is 1.48 bits per heavy atom. The fourth-order valence-electron chi connectivity index (χ4n) is 2.53. The van der Waals surface area contributed by atoms with Gasteiger partial charge in [0.2, 0.25) is 0 Å². The second-order valence-corrected chi connectivity index (χ2v) is 7.19. The Morgan fingerprint density at radius 1 is 0.852 bits per heavy atom.